The van der Waals surface area contributed by atoms with E-state index in [0.717, 1.165) is 0 Å². The summed E-state index contributed by atoms with van der Waals surface area (Å²) in [6.07, 6.45) is 0. The van der Waals surface area contributed by atoms with Gasteiger partial charge < -0.3 is 20.1 Å². The van der Waals surface area contributed by atoms with Crippen LogP contribution in [-0.4, -0.2) is 63.7 Å². The molecular formula is C18H25N3O6S. The fourth-order valence-electron chi connectivity index (χ4n) is 2.57. The van der Waals surface area contributed by atoms with Gasteiger partial charge in [0.15, 0.2) is 0 Å². The average Bonchev–Trinajstić information content (AvgIpc) is 2.96. The smallest absolute Gasteiger partial charge is 0.337 e. The molecule has 0 bridgehead atoms. The quantitative estimate of drug-likeness (QED) is 0.499. The number of nitrogens with one attached hydrogen (secondary N) is 2. The number of anilines is 1. The van der Waals surface area contributed by atoms with Crippen molar-refractivity contribution in [2.24, 2.45) is 5.92 Å². The first-order chi connectivity index (χ1) is 13.2. The Bertz CT molecular complexity index is 862. The van der Waals surface area contributed by atoms with Crippen molar-refractivity contribution in [1.82, 2.24) is 9.62 Å². The van der Waals surface area contributed by atoms with Crippen LogP contribution in [0.2, 0.25) is 0 Å². The Kier molecular flexibility index (Phi) is 7.17. The summed E-state index contributed by atoms with van der Waals surface area (Å²) in [5.74, 6) is -0.909. The lowest BCUT2D eigenvalue weighted by molar-refractivity contribution is -0.136. The van der Waals surface area contributed by atoms with Gasteiger partial charge in [-0.3, -0.25) is 4.79 Å². The Labute approximate surface area is 164 Å². The number of rotatable bonds is 9. The zero-order valence-corrected chi connectivity index (χ0v) is 16.9. The number of hydrogen-bond donors (Lipinski definition) is 3. The summed E-state index contributed by atoms with van der Waals surface area (Å²) in [5.41, 5.74) is 0.642. The average molecular weight is 411 g/mol. The molecule has 0 saturated carbocycles. The standard InChI is InChI=1S/C18H25N3O6S/c1-12(2)10-19-28(25,26)14-6-4-13(5-7-14)20-16-15(18(24)27-3)11-21(8-9-22)17(16)23/h4-7,12,19-20,22H,8-11H2,1-3H3. The monoisotopic (exact) mass is 411 g/mol. The third-order valence-electron chi connectivity index (χ3n) is 4.07. The minimum Gasteiger partial charge on any atom is -0.466 e. The van der Waals surface area contributed by atoms with Crippen LogP contribution < -0.4 is 10.0 Å². The fourth-order valence-corrected chi connectivity index (χ4v) is 3.78. The number of aliphatic hydroxyl groups is 1. The maximum Gasteiger partial charge on any atom is 0.337 e. The second kappa shape index (κ2) is 9.18. The Hall–Kier alpha value is -2.43. The van der Waals surface area contributed by atoms with Crippen molar-refractivity contribution in [2.75, 3.05) is 38.7 Å². The minimum absolute atomic E-state index is 0.0278. The fraction of sp³-hybridized carbons (Fsp3) is 0.444. The number of carbonyl (C=O) groups excluding carboxylic acids is 2. The van der Waals surface area contributed by atoms with Crippen LogP contribution in [0.4, 0.5) is 5.69 Å². The first-order valence-corrected chi connectivity index (χ1v) is 10.3. The molecular weight excluding hydrogens is 386 g/mol. The molecule has 1 aromatic rings. The van der Waals surface area contributed by atoms with Gasteiger partial charge in [0.2, 0.25) is 10.0 Å². The third kappa shape index (κ3) is 5.09. The van der Waals surface area contributed by atoms with E-state index in [4.69, 9.17) is 9.84 Å². The van der Waals surface area contributed by atoms with Crippen LogP contribution in [0.1, 0.15) is 13.8 Å². The van der Waals surface area contributed by atoms with E-state index in [-0.39, 0.29) is 41.8 Å². The highest BCUT2D eigenvalue weighted by atomic mass is 32.2. The molecule has 1 heterocycles. The first kappa shape index (κ1) is 21.9. The highest BCUT2D eigenvalue weighted by molar-refractivity contribution is 7.89. The molecule has 9 nitrogen and oxygen atoms in total. The van der Waals surface area contributed by atoms with Gasteiger partial charge in [-0.25, -0.2) is 17.9 Å². The van der Waals surface area contributed by atoms with Gasteiger partial charge in [0.1, 0.15) is 5.70 Å². The van der Waals surface area contributed by atoms with Crippen LogP contribution in [-0.2, 0) is 24.3 Å². The maximum absolute atomic E-state index is 12.5. The van der Waals surface area contributed by atoms with E-state index in [2.05, 4.69) is 10.0 Å². The van der Waals surface area contributed by atoms with Crippen molar-refractivity contribution in [3.8, 4) is 0 Å². The zero-order chi connectivity index (χ0) is 20.9. The normalized spacial score (nSPS) is 14.8. The Morgan fingerprint density at radius 2 is 1.93 bits per heavy atom. The zero-order valence-electron chi connectivity index (χ0n) is 16.1. The lowest BCUT2D eigenvalue weighted by atomic mass is 10.2. The number of hydrogen-bond acceptors (Lipinski definition) is 7. The molecule has 10 heteroatoms. The molecule has 3 N–H and O–H groups in total. The molecule has 0 atom stereocenters. The molecule has 0 saturated heterocycles. The van der Waals surface area contributed by atoms with Crippen molar-refractivity contribution in [1.29, 1.82) is 0 Å². The lowest BCUT2D eigenvalue weighted by Crippen LogP contribution is -2.31. The number of methoxy groups -OCH3 is 1. The molecule has 0 radical (unpaired) electrons. The number of carbonyl (C=O) groups is 2. The summed E-state index contributed by atoms with van der Waals surface area (Å²) in [4.78, 5) is 25.9. The number of nitrogens with zero attached hydrogens (tertiary/aromatic N) is 1. The molecule has 2 rings (SSSR count). The van der Waals surface area contributed by atoms with Gasteiger partial charge in [0.25, 0.3) is 5.91 Å². The second-order valence-corrected chi connectivity index (χ2v) is 8.46. The van der Waals surface area contributed by atoms with Crippen molar-refractivity contribution in [3.05, 3.63) is 35.5 Å². The molecule has 0 aliphatic carbocycles. The molecule has 1 aromatic carbocycles. The van der Waals surface area contributed by atoms with Crippen LogP contribution >= 0.6 is 0 Å². The third-order valence-corrected chi connectivity index (χ3v) is 5.51. The highest BCUT2D eigenvalue weighted by Gasteiger charge is 2.34. The van der Waals surface area contributed by atoms with Crippen molar-refractivity contribution >= 4 is 27.6 Å². The number of sulfonamides is 1. The van der Waals surface area contributed by atoms with Gasteiger partial charge >= 0.3 is 5.97 Å². The Balaban J connectivity index is 2.21. The lowest BCUT2D eigenvalue weighted by Gasteiger charge is -2.15. The number of amides is 1. The molecule has 0 fully saturated rings. The van der Waals surface area contributed by atoms with E-state index >= 15 is 0 Å². The first-order valence-electron chi connectivity index (χ1n) is 8.78. The van der Waals surface area contributed by atoms with Gasteiger partial charge in [0.05, 0.1) is 30.7 Å². The van der Waals surface area contributed by atoms with Crippen molar-refractivity contribution in [3.63, 3.8) is 0 Å². The van der Waals surface area contributed by atoms with Crippen LogP contribution in [0.15, 0.2) is 40.4 Å². The largest absolute Gasteiger partial charge is 0.466 e. The number of β-amino-alcohol motifs (C(OH)–C–C–N with tert-alkyl or cyclic N) is 1. The summed E-state index contributed by atoms with van der Waals surface area (Å²) in [6, 6.07) is 5.84. The highest BCUT2D eigenvalue weighted by Crippen LogP contribution is 2.23. The Morgan fingerprint density at radius 3 is 2.46 bits per heavy atom. The molecule has 154 valence electrons. The van der Waals surface area contributed by atoms with E-state index in [1.807, 2.05) is 13.8 Å². The summed E-state index contributed by atoms with van der Waals surface area (Å²) in [7, 11) is -2.40. The van der Waals surface area contributed by atoms with Crippen LogP contribution in [0.25, 0.3) is 0 Å². The molecule has 0 spiro atoms. The SMILES string of the molecule is COC(=O)C1=C(Nc2ccc(S(=O)(=O)NCC(C)C)cc2)C(=O)N(CCO)C1. The number of aliphatic hydroxyl groups excluding tert-OH is 1. The van der Waals surface area contributed by atoms with Crippen molar-refractivity contribution in [2.45, 2.75) is 18.7 Å². The Morgan fingerprint density at radius 1 is 1.29 bits per heavy atom. The summed E-state index contributed by atoms with van der Waals surface area (Å²) >= 11 is 0. The van der Waals surface area contributed by atoms with Gasteiger partial charge in [0, 0.05) is 18.8 Å². The van der Waals surface area contributed by atoms with E-state index in [1.54, 1.807) is 0 Å². The van der Waals surface area contributed by atoms with Crippen LogP contribution in [0.3, 0.4) is 0 Å². The molecule has 28 heavy (non-hydrogen) atoms. The van der Waals surface area contributed by atoms with Crippen LogP contribution in [0, 0.1) is 5.92 Å². The van der Waals surface area contributed by atoms with Gasteiger partial charge in [-0.2, -0.15) is 0 Å². The van der Waals surface area contributed by atoms with E-state index < -0.39 is 21.9 Å². The van der Waals surface area contributed by atoms with E-state index in [9.17, 15) is 18.0 Å². The van der Waals surface area contributed by atoms with E-state index in [1.165, 1.54) is 36.3 Å². The predicted octanol–water partition coefficient (Wildman–Crippen LogP) is 0.294. The summed E-state index contributed by atoms with van der Waals surface area (Å²) in [5, 5.41) is 11.9. The van der Waals surface area contributed by atoms with Gasteiger partial charge in [-0.15, -0.1) is 0 Å². The molecule has 1 aliphatic rings. The molecule has 0 aromatic heterocycles. The van der Waals surface area contributed by atoms with Gasteiger partial charge in [-0.05, 0) is 30.2 Å². The number of esters is 1. The molecule has 0 unspecified atom stereocenters. The molecule has 1 aliphatic heterocycles. The van der Waals surface area contributed by atoms with Gasteiger partial charge in [-0.1, -0.05) is 13.8 Å². The maximum atomic E-state index is 12.5. The predicted molar refractivity (Wildman–Crippen MR) is 103 cm³/mol. The topological polar surface area (TPSA) is 125 Å². The number of benzene rings is 1. The van der Waals surface area contributed by atoms with Crippen LogP contribution in [0.5, 0.6) is 0 Å². The van der Waals surface area contributed by atoms with Crippen molar-refractivity contribution < 1.29 is 27.9 Å². The number of ether oxygens (including phenoxy) is 1. The molecule has 1 amide bonds. The summed E-state index contributed by atoms with van der Waals surface area (Å²) in [6.45, 7) is 4.02. The van der Waals surface area contributed by atoms with E-state index in [0.29, 0.717) is 12.2 Å². The minimum atomic E-state index is -3.62. The summed E-state index contributed by atoms with van der Waals surface area (Å²) < 4.78 is 31.7. The second-order valence-electron chi connectivity index (χ2n) is 6.69.